The highest BCUT2D eigenvalue weighted by molar-refractivity contribution is 5.81. The van der Waals surface area contributed by atoms with Gasteiger partial charge in [-0.2, -0.15) is 0 Å². The Morgan fingerprint density at radius 2 is 1.62 bits per heavy atom. The summed E-state index contributed by atoms with van der Waals surface area (Å²) in [5.41, 5.74) is 2.44. The molecule has 2 aromatic rings. The number of carbonyl (C=O) groups excluding carboxylic acids is 1. The fourth-order valence-corrected chi connectivity index (χ4v) is 2.52. The summed E-state index contributed by atoms with van der Waals surface area (Å²) in [4.78, 5) is 12.5. The lowest BCUT2D eigenvalue weighted by Gasteiger charge is -2.21. The highest BCUT2D eigenvalue weighted by Crippen LogP contribution is 2.16. The van der Waals surface area contributed by atoms with Crippen molar-refractivity contribution in [2.75, 3.05) is 6.61 Å². The molecule has 2 atom stereocenters. The maximum atomic E-state index is 12.5. The van der Waals surface area contributed by atoms with Crippen molar-refractivity contribution in [3.63, 3.8) is 0 Å². The smallest absolute Gasteiger partial charge is 0.261 e. The van der Waals surface area contributed by atoms with Crippen LogP contribution in [0.25, 0.3) is 0 Å². The van der Waals surface area contributed by atoms with Crippen molar-refractivity contribution in [1.29, 1.82) is 0 Å². The normalized spacial score (nSPS) is 12.9. The molecule has 2 aromatic carbocycles. The topological polar surface area (TPSA) is 47.6 Å². The van der Waals surface area contributed by atoms with Crippen molar-refractivity contribution in [2.45, 2.75) is 52.7 Å². The Kier molecular flexibility index (Phi) is 7.52. The SMILES string of the molecule is CCc1ccc(O[C@@H](CC)C(=O)N[C@@H](C)COc2ccc(C)cc2)cc1. The average Bonchev–Trinajstić information content (AvgIpc) is 2.66. The molecule has 1 amide bonds. The first-order valence-corrected chi connectivity index (χ1v) is 9.27. The monoisotopic (exact) mass is 355 g/mol. The molecule has 0 aliphatic carbocycles. The quantitative estimate of drug-likeness (QED) is 0.729. The highest BCUT2D eigenvalue weighted by atomic mass is 16.5. The van der Waals surface area contributed by atoms with Crippen LogP contribution in [0.15, 0.2) is 48.5 Å². The van der Waals surface area contributed by atoms with E-state index in [9.17, 15) is 4.79 Å². The fourth-order valence-electron chi connectivity index (χ4n) is 2.52. The number of amides is 1. The van der Waals surface area contributed by atoms with E-state index in [1.807, 2.05) is 69.3 Å². The number of ether oxygens (including phenoxy) is 2. The van der Waals surface area contributed by atoms with E-state index in [0.29, 0.717) is 18.8 Å². The number of carbonyl (C=O) groups is 1. The molecule has 0 saturated heterocycles. The van der Waals surface area contributed by atoms with Crippen molar-refractivity contribution in [3.05, 3.63) is 59.7 Å². The molecule has 4 heteroatoms. The average molecular weight is 355 g/mol. The minimum absolute atomic E-state index is 0.107. The molecule has 0 heterocycles. The molecule has 140 valence electrons. The van der Waals surface area contributed by atoms with Gasteiger partial charge in [0.1, 0.15) is 18.1 Å². The summed E-state index contributed by atoms with van der Waals surface area (Å²) < 4.78 is 11.6. The fraction of sp³-hybridized carbons (Fsp3) is 0.409. The molecule has 0 bridgehead atoms. The van der Waals surface area contributed by atoms with Crippen LogP contribution in [0.3, 0.4) is 0 Å². The lowest BCUT2D eigenvalue weighted by Crippen LogP contribution is -2.44. The molecule has 0 aliphatic heterocycles. The van der Waals surface area contributed by atoms with Gasteiger partial charge in [0.2, 0.25) is 0 Å². The van der Waals surface area contributed by atoms with Crippen LogP contribution in [-0.2, 0) is 11.2 Å². The summed E-state index contributed by atoms with van der Waals surface area (Å²) in [5.74, 6) is 1.40. The molecular formula is C22H29NO3. The van der Waals surface area contributed by atoms with Crippen LogP contribution in [0.1, 0.15) is 38.3 Å². The summed E-state index contributed by atoms with van der Waals surface area (Å²) in [6.45, 7) is 8.43. The summed E-state index contributed by atoms with van der Waals surface area (Å²) in [5, 5.41) is 2.97. The van der Waals surface area contributed by atoms with Crippen molar-refractivity contribution in [2.24, 2.45) is 0 Å². The molecule has 4 nitrogen and oxygen atoms in total. The maximum Gasteiger partial charge on any atom is 0.261 e. The minimum Gasteiger partial charge on any atom is -0.491 e. The van der Waals surface area contributed by atoms with Crippen molar-refractivity contribution in [1.82, 2.24) is 5.32 Å². The molecule has 0 aromatic heterocycles. The number of hydrogen-bond acceptors (Lipinski definition) is 3. The van der Waals surface area contributed by atoms with Crippen LogP contribution in [0.5, 0.6) is 11.5 Å². The molecule has 0 unspecified atom stereocenters. The van der Waals surface area contributed by atoms with E-state index < -0.39 is 6.10 Å². The molecule has 0 fully saturated rings. The van der Waals surface area contributed by atoms with Crippen LogP contribution in [-0.4, -0.2) is 24.7 Å². The minimum atomic E-state index is -0.510. The second kappa shape index (κ2) is 9.85. The molecule has 2 rings (SSSR count). The van der Waals surface area contributed by atoms with Crippen molar-refractivity contribution in [3.8, 4) is 11.5 Å². The van der Waals surface area contributed by atoms with E-state index in [-0.39, 0.29) is 11.9 Å². The van der Waals surface area contributed by atoms with E-state index in [0.717, 1.165) is 12.2 Å². The van der Waals surface area contributed by atoms with Crippen LogP contribution in [0.2, 0.25) is 0 Å². The lowest BCUT2D eigenvalue weighted by molar-refractivity contribution is -0.128. The number of nitrogens with one attached hydrogen (secondary N) is 1. The predicted molar refractivity (Wildman–Crippen MR) is 105 cm³/mol. The molecule has 0 aliphatic rings. The molecular weight excluding hydrogens is 326 g/mol. The third kappa shape index (κ3) is 6.10. The lowest BCUT2D eigenvalue weighted by atomic mass is 10.1. The first-order valence-electron chi connectivity index (χ1n) is 9.27. The van der Waals surface area contributed by atoms with Gasteiger partial charge >= 0.3 is 0 Å². The summed E-state index contributed by atoms with van der Waals surface area (Å²) in [6, 6.07) is 15.6. The van der Waals surface area contributed by atoms with Gasteiger partial charge in [-0.3, -0.25) is 4.79 Å². The van der Waals surface area contributed by atoms with E-state index in [4.69, 9.17) is 9.47 Å². The van der Waals surface area contributed by atoms with E-state index in [1.165, 1.54) is 11.1 Å². The van der Waals surface area contributed by atoms with Gasteiger partial charge in [0, 0.05) is 0 Å². The molecule has 0 spiro atoms. The van der Waals surface area contributed by atoms with Gasteiger partial charge in [-0.25, -0.2) is 0 Å². The largest absolute Gasteiger partial charge is 0.491 e. The van der Waals surface area contributed by atoms with Crippen molar-refractivity contribution < 1.29 is 14.3 Å². The van der Waals surface area contributed by atoms with Gasteiger partial charge < -0.3 is 14.8 Å². The summed E-state index contributed by atoms with van der Waals surface area (Å²) >= 11 is 0. The van der Waals surface area contributed by atoms with Gasteiger partial charge in [0.05, 0.1) is 6.04 Å². The maximum absolute atomic E-state index is 12.5. The zero-order valence-corrected chi connectivity index (χ0v) is 16.1. The van der Waals surface area contributed by atoms with Crippen LogP contribution >= 0.6 is 0 Å². The number of benzene rings is 2. The van der Waals surface area contributed by atoms with Gasteiger partial charge in [0.15, 0.2) is 6.10 Å². The van der Waals surface area contributed by atoms with E-state index >= 15 is 0 Å². The van der Waals surface area contributed by atoms with Crippen LogP contribution in [0.4, 0.5) is 0 Å². The molecule has 0 radical (unpaired) electrons. The summed E-state index contributed by atoms with van der Waals surface area (Å²) in [6.07, 6.45) is 1.08. The van der Waals surface area contributed by atoms with Gasteiger partial charge in [-0.15, -0.1) is 0 Å². The first kappa shape index (κ1) is 19.8. The standard InChI is InChI=1S/C22H29NO3/c1-5-18-9-13-20(14-10-18)26-21(6-2)22(24)23-17(4)15-25-19-11-7-16(3)8-12-19/h7-14,17,21H,5-6,15H2,1-4H3,(H,23,24)/t17-,21-/m0/s1. The first-order chi connectivity index (χ1) is 12.5. The zero-order valence-electron chi connectivity index (χ0n) is 16.1. The van der Waals surface area contributed by atoms with Crippen molar-refractivity contribution >= 4 is 5.91 Å². The van der Waals surface area contributed by atoms with E-state index in [1.54, 1.807) is 0 Å². The predicted octanol–water partition coefficient (Wildman–Crippen LogP) is 4.30. The molecule has 0 saturated carbocycles. The Labute approximate surface area is 156 Å². The summed E-state index contributed by atoms with van der Waals surface area (Å²) in [7, 11) is 0. The third-order valence-corrected chi connectivity index (χ3v) is 4.18. The van der Waals surface area contributed by atoms with Crippen LogP contribution < -0.4 is 14.8 Å². The molecule has 26 heavy (non-hydrogen) atoms. The highest BCUT2D eigenvalue weighted by Gasteiger charge is 2.20. The zero-order chi connectivity index (χ0) is 18.9. The van der Waals surface area contributed by atoms with Gasteiger partial charge in [0.25, 0.3) is 5.91 Å². The Morgan fingerprint density at radius 3 is 2.19 bits per heavy atom. The van der Waals surface area contributed by atoms with Crippen LogP contribution in [0, 0.1) is 6.92 Å². The second-order valence-electron chi connectivity index (χ2n) is 6.55. The number of rotatable bonds is 9. The Hall–Kier alpha value is -2.49. The second-order valence-corrected chi connectivity index (χ2v) is 6.55. The Morgan fingerprint density at radius 1 is 1.00 bits per heavy atom. The number of hydrogen-bond donors (Lipinski definition) is 1. The van der Waals surface area contributed by atoms with Gasteiger partial charge in [-0.05, 0) is 56.5 Å². The third-order valence-electron chi connectivity index (χ3n) is 4.18. The Balaban J connectivity index is 1.83. The van der Waals surface area contributed by atoms with Gasteiger partial charge in [-0.1, -0.05) is 43.7 Å². The number of aryl methyl sites for hydroxylation is 2. The Bertz CT molecular complexity index is 680. The van der Waals surface area contributed by atoms with E-state index in [2.05, 4.69) is 12.2 Å². The molecule has 1 N–H and O–H groups in total.